The number of hydrogen-bond donors (Lipinski definition) is 0. The summed E-state index contributed by atoms with van der Waals surface area (Å²) in [5.74, 6) is 12.9. The standard InChI is InChI=1S/5C7H16.C6H10.6C6H12/c1-6(2)5-7(3)4;2*1-4-5-6-7(2)3;1-4-6-7(3)5-2;1-3-5-7-6-4-2;1-5-4-6(5)2-3-6;1-5-4-6(5,2)3;1-5-3-6(2)4-5;1-6(2)4-3-5-6;1-5-3-4-6(5)2;1-6-4-2-3-5-6;1-2-6-4-3-5-6/h6-7H,5H2,1-4H3;3*7H,4-6H2,1-3H3;3-7H2,1-2H3;5H,2-4H2,1H3;5H,4H2,1-3H3;5-6H,3-4H2,1-2H3;3-5H2,1-2H3;5-6H,3-4H2,1-2H3;2*6H,2-5H2,1H3/t;;;7-;;5-;;;;5-,6?;;/m...1.0...1../s1. The molecule has 0 amide bonds. The third kappa shape index (κ3) is 59.0. The van der Waals surface area contributed by atoms with Crippen LogP contribution in [-0.4, -0.2) is 0 Å². The molecule has 5 atom stereocenters. The van der Waals surface area contributed by atoms with Crippen LogP contribution in [0, 0.1) is 93.2 Å². The highest BCUT2D eigenvalue weighted by atomic mass is 14.6. The molecule has 0 heteroatoms. The fourth-order valence-corrected chi connectivity index (χ4v) is 10.7. The minimum Gasteiger partial charge on any atom is -0.0654 e. The molecule has 0 N–H and O–H groups in total. The van der Waals surface area contributed by atoms with Crippen LogP contribution in [0.5, 0.6) is 0 Å². The quantitative estimate of drug-likeness (QED) is 0.135. The molecule has 470 valence electrons. The van der Waals surface area contributed by atoms with E-state index in [2.05, 4.69) is 187 Å². The Bertz CT molecular complexity index is 1080. The van der Waals surface area contributed by atoms with Gasteiger partial charge in [0.2, 0.25) is 0 Å². The van der Waals surface area contributed by atoms with Gasteiger partial charge in [0.1, 0.15) is 0 Å². The summed E-state index contributed by atoms with van der Waals surface area (Å²) in [5.41, 5.74) is 2.39. The fourth-order valence-electron chi connectivity index (χ4n) is 10.7. The van der Waals surface area contributed by atoms with Crippen LogP contribution in [0.2, 0.25) is 0 Å². The zero-order valence-corrected chi connectivity index (χ0v) is 60.0. The van der Waals surface area contributed by atoms with Crippen molar-refractivity contribution in [1.29, 1.82) is 0 Å². The SMILES string of the molecule is CC(C)CC(C)C.CC1(C)CCC1.CC1CC(C)C1.CC1CC1(C)C.CC1CCCC1.CC1CC[C@H]1C.CCC1CCC1.CCCCC(C)C.CCCCC(C)C.CCCCCCC.CCC[C@H](C)CC.C[C@H]1CC12CC2. The molecule has 0 aliphatic heterocycles. The molecule has 0 radical (unpaired) electrons. The van der Waals surface area contributed by atoms with Crippen LogP contribution in [0.1, 0.15) is 405 Å². The van der Waals surface area contributed by atoms with Crippen molar-refractivity contribution < 1.29 is 0 Å². The number of hydrogen-bond acceptors (Lipinski definition) is 0. The third-order valence-corrected chi connectivity index (χ3v) is 19.2. The number of unbranched alkanes of at least 4 members (excludes halogenated alkanes) is 6. The summed E-state index contributed by atoms with van der Waals surface area (Å²) < 4.78 is 0. The molecule has 0 aromatic heterocycles. The maximum absolute atomic E-state index is 2.37. The highest BCUT2D eigenvalue weighted by molar-refractivity contribution is 5.10. The highest BCUT2D eigenvalue weighted by Crippen LogP contribution is 2.70. The monoisotopic (exact) mass is 1090 g/mol. The van der Waals surface area contributed by atoms with Gasteiger partial charge in [-0.15, -0.1) is 0 Å². The molecular formula is C77H162. The van der Waals surface area contributed by atoms with E-state index in [1.54, 1.807) is 19.3 Å². The first kappa shape index (κ1) is 83.5. The van der Waals surface area contributed by atoms with Crippen molar-refractivity contribution in [3.05, 3.63) is 0 Å². The summed E-state index contributed by atoms with van der Waals surface area (Å²) in [4.78, 5) is 0. The molecule has 8 saturated carbocycles. The predicted octanol–water partition coefficient (Wildman–Crippen LogP) is 28.7. The van der Waals surface area contributed by atoms with Gasteiger partial charge in [-0.1, -0.05) is 347 Å². The zero-order valence-electron chi connectivity index (χ0n) is 60.0. The highest BCUT2D eigenvalue weighted by Gasteiger charge is 2.59. The van der Waals surface area contributed by atoms with E-state index in [9.17, 15) is 0 Å². The smallest absolute Gasteiger partial charge is 0.0268 e. The molecule has 8 aliphatic rings. The van der Waals surface area contributed by atoms with Crippen LogP contribution in [0.15, 0.2) is 0 Å². The molecule has 0 aromatic rings. The molecule has 0 saturated heterocycles. The first-order chi connectivity index (χ1) is 36.0. The van der Waals surface area contributed by atoms with Crippen molar-refractivity contribution in [2.45, 2.75) is 405 Å². The van der Waals surface area contributed by atoms with Gasteiger partial charge in [-0.2, -0.15) is 0 Å². The molecule has 0 aromatic carbocycles. The van der Waals surface area contributed by atoms with E-state index in [0.717, 1.165) is 87.8 Å². The summed E-state index contributed by atoms with van der Waals surface area (Å²) in [6.45, 7) is 61.8. The average Bonchev–Trinajstić information content (AvgIpc) is 4.27. The van der Waals surface area contributed by atoms with Crippen LogP contribution >= 0.6 is 0 Å². The van der Waals surface area contributed by atoms with Gasteiger partial charge in [0, 0.05) is 0 Å². The van der Waals surface area contributed by atoms with Crippen molar-refractivity contribution in [3.8, 4) is 0 Å². The molecule has 1 spiro atoms. The van der Waals surface area contributed by atoms with Crippen molar-refractivity contribution in [1.82, 2.24) is 0 Å². The molecule has 8 fully saturated rings. The topological polar surface area (TPSA) is 0 Å². The Morgan fingerprint density at radius 1 is 0.390 bits per heavy atom. The largest absolute Gasteiger partial charge is 0.0654 e. The lowest BCUT2D eigenvalue weighted by molar-refractivity contribution is 0.190. The summed E-state index contributed by atoms with van der Waals surface area (Å²) in [6.07, 6.45) is 49.0. The maximum Gasteiger partial charge on any atom is -0.0268 e. The summed E-state index contributed by atoms with van der Waals surface area (Å²) >= 11 is 0. The molecule has 8 rings (SSSR count). The van der Waals surface area contributed by atoms with Crippen molar-refractivity contribution in [2.24, 2.45) is 93.2 Å². The van der Waals surface area contributed by atoms with Gasteiger partial charge < -0.3 is 0 Å². The van der Waals surface area contributed by atoms with E-state index in [-0.39, 0.29) is 0 Å². The molecule has 0 bridgehead atoms. The van der Waals surface area contributed by atoms with Gasteiger partial charge in [-0.05, 0) is 151 Å². The Morgan fingerprint density at radius 3 is 0.831 bits per heavy atom. The van der Waals surface area contributed by atoms with Crippen LogP contribution in [0.3, 0.4) is 0 Å². The van der Waals surface area contributed by atoms with Gasteiger partial charge in [0.25, 0.3) is 0 Å². The summed E-state index contributed by atoms with van der Waals surface area (Å²) in [6, 6.07) is 0. The van der Waals surface area contributed by atoms with E-state index in [0.29, 0.717) is 5.41 Å². The minimum absolute atomic E-state index is 0.708. The second-order valence-corrected chi connectivity index (χ2v) is 31.3. The zero-order chi connectivity index (χ0) is 60.0. The van der Waals surface area contributed by atoms with E-state index in [1.807, 2.05) is 0 Å². The Balaban J connectivity index is -0.000000377. The maximum atomic E-state index is 2.37. The van der Waals surface area contributed by atoms with E-state index in [4.69, 9.17) is 0 Å². The van der Waals surface area contributed by atoms with E-state index >= 15 is 0 Å². The summed E-state index contributed by atoms with van der Waals surface area (Å²) in [5, 5.41) is 0. The van der Waals surface area contributed by atoms with Crippen molar-refractivity contribution in [3.63, 3.8) is 0 Å². The lowest BCUT2D eigenvalue weighted by atomic mass is 9.72. The normalized spacial score (nSPS) is 24.8. The van der Waals surface area contributed by atoms with Gasteiger partial charge >= 0.3 is 0 Å². The lowest BCUT2D eigenvalue weighted by Gasteiger charge is -2.33. The van der Waals surface area contributed by atoms with Crippen LogP contribution in [-0.2, 0) is 0 Å². The molecule has 0 nitrogen and oxygen atoms in total. The summed E-state index contributed by atoms with van der Waals surface area (Å²) in [7, 11) is 0. The Hall–Kier alpha value is 0. The van der Waals surface area contributed by atoms with E-state index in [1.165, 1.54) is 199 Å². The molecule has 77 heavy (non-hydrogen) atoms. The number of rotatable bonds is 16. The second-order valence-electron chi connectivity index (χ2n) is 31.3. The fraction of sp³-hybridized carbons (Fsp3) is 1.00. The Morgan fingerprint density at radius 2 is 0.766 bits per heavy atom. The Kier molecular flexibility index (Phi) is 56.0. The van der Waals surface area contributed by atoms with Crippen LogP contribution in [0.25, 0.3) is 0 Å². The van der Waals surface area contributed by atoms with Gasteiger partial charge in [0.05, 0.1) is 0 Å². The van der Waals surface area contributed by atoms with Crippen molar-refractivity contribution >= 4 is 0 Å². The second kappa shape index (κ2) is 51.6. The van der Waals surface area contributed by atoms with Crippen LogP contribution < -0.4 is 0 Å². The first-order valence-electron chi connectivity index (χ1n) is 36.0. The average molecular weight is 1090 g/mol. The molecule has 2 unspecified atom stereocenters. The Labute approximate surface area is 495 Å². The first-order valence-corrected chi connectivity index (χ1v) is 36.0. The van der Waals surface area contributed by atoms with Gasteiger partial charge in [-0.3, -0.25) is 0 Å². The molecular weight excluding hydrogens is 925 g/mol. The molecule has 0 heterocycles. The third-order valence-electron chi connectivity index (χ3n) is 19.2. The van der Waals surface area contributed by atoms with E-state index < -0.39 is 0 Å². The lowest BCUT2D eigenvalue weighted by Crippen LogP contribution is -2.20. The van der Waals surface area contributed by atoms with Crippen molar-refractivity contribution in [2.75, 3.05) is 0 Å². The predicted molar refractivity (Wildman–Crippen MR) is 363 cm³/mol. The van der Waals surface area contributed by atoms with Crippen LogP contribution in [0.4, 0.5) is 0 Å². The van der Waals surface area contributed by atoms with Gasteiger partial charge in [-0.25, -0.2) is 0 Å². The minimum atomic E-state index is 0.708. The molecule has 8 aliphatic carbocycles. The van der Waals surface area contributed by atoms with Gasteiger partial charge in [0.15, 0.2) is 0 Å².